The van der Waals surface area contributed by atoms with Crippen molar-refractivity contribution in [3.8, 4) is 17.1 Å². The van der Waals surface area contributed by atoms with Gasteiger partial charge in [-0.05, 0) is 42.8 Å². The molecule has 0 aliphatic carbocycles. The van der Waals surface area contributed by atoms with Crippen molar-refractivity contribution in [3.05, 3.63) is 40.8 Å². The van der Waals surface area contributed by atoms with E-state index in [1.54, 1.807) is 35.9 Å². The fourth-order valence-corrected chi connectivity index (χ4v) is 4.67. The monoisotopic (exact) mass is 480 g/mol. The van der Waals surface area contributed by atoms with Crippen LogP contribution in [-0.4, -0.2) is 50.5 Å². The zero-order valence-corrected chi connectivity index (χ0v) is 18.6. The van der Waals surface area contributed by atoms with Gasteiger partial charge in [-0.3, -0.25) is 9.67 Å². The van der Waals surface area contributed by atoms with E-state index in [1.807, 2.05) is 0 Å². The van der Waals surface area contributed by atoms with E-state index in [0.717, 1.165) is 23.1 Å². The number of aromatic nitrogens is 5. The minimum absolute atomic E-state index is 0.0117. The highest BCUT2D eigenvalue weighted by Crippen LogP contribution is 2.46. The summed E-state index contributed by atoms with van der Waals surface area (Å²) < 4.78 is 56.1. The molecular weight excluding hydrogens is 457 g/mol. The van der Waals surface area contributed by atoms with Gasteiger partial charge in [-0.2, -0.15) is 23.4 Å². The first-order valence-electron chi connectivity index (χ1n) is 10.7. The van der Waals surface area contributed by atoms with Crippen LogP contribution in [0, 0.1) is 4.77 Å². The number of anilines is 1. The van der Waals surface area contributed by atoms with Crippen molar-refractivity contribution in [3.63, 3.8) is 0 Å². The summed E-state index contributed by atoms with van der Waals surface area (Å²) in [6.07, 6.45) is -1.39. The third-order valence-electron chi connectivity index (χ3n) is 6.17. The van der Waals surface area contributed by atoms with Crippen molar-refractivity contribution in [1.29, 1.82) is 0 Å². The van der Waals surface area contributed by atoms with E-state index >= 15 is 0 Å². The average molecular weight is 481 g/mol. The number of nitrogens with zero attached hydrogens (tertiary/aromatic N) is 4. The maximum atomic E-state index is 14.0. The lowest BCUT2D eigenvalue weighted by molar-refractivity contribution is -0.173. The summed E-state index contributed by atoms with van der Waals surface area (Å²) in [7, 11) is 1.54. The van der Waals surface area contributed by atoms with Crippen LogP contribution < -0.4 is 10.1 Å². The normalized spacial score (nSPS) is 22.7. The molecule has 176 valence electrons. The number of nitrogens with one attached hydrogen (secondary N) is 2. The molecule has 0 radical (unpaired) electrons. The molecule has 1 saturated heterocycles. The number of benzene rings is 1. The van der Waals surface area contributed by atoms with Gasteiger partial charge in [0, 0.05) is 13.0 Å². The van der Waals surface area contributed by atoms with Gasteiger partial charge >= 0.3 is 6.18 Å². The van der Waals surface area contributed by atoms with E-state index in [9.17, 15) is 13.2 Å². The smallest absolute Gasteiger partial charge is 0.410 e. The second-order valence-corrected chi connectivity index (χ2v) is 8.60. The van der Waals surface area contributed by atoms with Crippen LogP contribution >= 0.6 is 12.2 Å². The third-order valence-corrected chi connectivity index (χ3v) is 6.48. The van der Waals surface area contributed by atoms with Gasteiger partial charge in [0.1, 0.15) is 11.6 Å². The van der Waals surface area contributed by atoms with Gasteiger partial charge in [0.05, 0.1) is 37.6 Å². The summed E-state index contributed by atoms with van der Waals surface area (Å²) in [5.41, 5.74) is 1.18. The van der Waals surface area contributed by atoms with Crippen LogP contribution in [0.15, 0.2) is 30.5 Å². The summed E-state index contributed by atoms with van der Waals surface area (Å²) in [5, 5.41) is 14.4. The predicted molar refractivity (Wildman–Crippen MR) is 117 cm³/mol. The van der Waals surface area contributed by atoms with Crippen molar-refractivity contribution in [1.82, 2.24) is 24.5 Å². The van der Waals surface area contributed by atoms with Gasteiger partial charge in [-0.15, -0.1) is 0 Å². The highest BCUT2D eigenvalue weighted by Gasteiger charge is 2.47. The summed E-state index contributed by atoms with van der Waals surface area (Å²) in [4.78, 5) is 0. The second-order valence-electron chi connectivity index (χ2n) is 8.21. The molecule has 0 spiro atoms. The van der Waals surface area contributed by atoms with Crippen molar-refractivity contribution in [2.75, 3.05) is 19.0 Å². The minimum atomic E-state index is -4.47. The molecule has 2 aliphatic rings. The topological polar surface area (TPSA) is 81.9 Å². The van der Waals surface area contributed by atoms with Gasteiger partial charge in [0.15, 0.2) is 16.6 Å². The van der Waals surface area contributed by atoms with E-state index in [-0.39, 0.29) is 18.3 Å². The Hall–Kier alpha value is -2.86. The highest BCUT2D eigenvalue weighted by atomic mass is 32.1. The van der Waals surface area contributed by atoms with Crippen molar-refractivity contribution in [2.45, 2.75) is 50.2 Å². The van der Waals surface area contributed by atoms with Crippen LogP contribution in [0.2, 0.25) is 0 Å². The molecule has 1 fully saturated rings. The largest absolute Gasteiger partial charge is 0.497 e. The first-order chi connectivity index (χ1) is 15.8. The summed E-state index contributed by atoms with van der Waals surface area (Å²) in [6, 6.07) is 4.66. The van der Waals surface area contributed by atoms with E-state index in [1.165, 1.54) is 6.20 Å². The number of methoxy groups -OCH3 is 1. The number of rotatable bonds is 5. The second kappa shape index (κ2) is 8.49. The molecule has 0 unspecified atom stereocenters. The average Bonchev–Trinajstić information content (AvgIpc) is 3.54. The number of halogens is 3. The predicted octanol–water partition coefficient (Wildman–Crippen LogP) is 4.65. The summed E-state index contributed by atoms with van der Waals surface area (Å²) in [6.45, 7) is 1.16. The number of H-pyrrole nitrogens is 1. The highest BCUT2D eigenvalue weighted by molar-refractivity contribution is 7.71. The fraction of sp³-hybridized carbons (Fsp3) is 0.476. The zero-order valence-electron chi connectivity index (χ0n) is 17.8. The Balaban J connectivity index is 1.55. The summed E-state index contributed by atoms with van der Waals surface area (Å²) >= 11 is 5.39. The Kier molecular flexibility index (Phi) is 5.65. The standard InChI is InChI=1S/C21H23F3N6O2S/c1-31-13-6-4-12(5-7-13)16-9-17(21(22,23)24)30-18(26-16)15(10-25-30)19-27-28-20(33)29(19)11-14-3-2-8-32-14/h4-7,10,14,16-17,26H,2-3,8-9,11H2,1H3,(H,28,33)/t14-,16+,17+/m0/s1. The molecule has 2 aliphatic heterocycles. The SMILES string of the molecule is COc1ccc([C@H]2C[C@H](C(F)(F)F)n3ncc(-c4n[nH]c(=S)n4C[C@@H]4CCCO4)c3N2)cc1. The number of hydrogen-bond donors (Lipinski definition) is 2. The molecule has 33 heavy (non-hydrogen) atoms. The van der Waals surface area contributed by atoms with Gasteiger partial charge in [0.25, 0.3) is 0 Å². The zero-order chi connectivity index (χ0) is 23.2. The van der Waals surface area contributed by atoms with Gasteiger partial charge in [0.2, 0.25) is 0 Å². The molecule has 2 aromatic heterocycles. The maximum Gasteiger partial charge on any atom is 0.410 e. The molecular formula is C21H23F3N6O2S. The van der Waals surface area contributed by atoms with Crippen molar-refractivity contribution >= 4 is 18.0 Å². The van der Waals surface area contributed by atoms with E-state index in [2.05, 4.69) is 20.6 Å². The number of aromatic amines is 1. The lowest BCUT2D eigenvalue weighted by Gasteiger charge is -2.34. The van der Waals surface area contributed by atoms with E-state index in [4.69, 9.17) is 21.7 Å². The molecule has 0 amide bonds. The van der Waals surface area contributed by atoms with Gasteiger partial charge in [-0.1, -0.05) is 12.1 Å². The Morgan fingerprint density at radius 2 is 2.06 bits per heavy atom. The Morgan fingerprint density at radius 1 is 1.27 bits per heavy atom. The van der Waals surface area contributed by atoms with E-state index < -0.39 is 18.3 Å². The minimum Gasteiger partial charge on any atom is -0.497 e. The third kappa shape index (κ3) is 4.12. The quantitative estimate of drug-likeness (QED) is 0.518. The van der Waals surface area contributed by atoms with Crippen LogP contribution in [0.1, 0.15) is 36.9 Å². The number of alkyl halides is 3. The molecule has 3 atom stereocenters. The van der Waals surface area contributed by atoms with Crippen LogP contribution in [0.3, 0.4) is 0 Å². The molecule has 2 N–H and O–H groups in total. The lowest BCUT2D eigenvalue weighted by Crippen LogP contribution is -2.35. The maximum absolute atomic E-state index is 14.0. The molecule has 12 heteroatoms. The number of fused-ring (bicyclic) bond motifs is 1. The molecule has 5 rings (SSSR count). The molecule has 1 aromatic carbocycles. The molecule has 0 bridgehead atoms. The van der Waals surface area contributed by atoms with Gasteiger partial charge < -0.3 is 14.8 Å². The van der Waals surface area contributed by atoms with Crippen LogP contribution in [0.5, 0.6) is 5.75 Å². The molecule has 0 saturated carbocycles. The first kappa shape index (κ1) is 22.0. The molecule has 3 aromatic rings. The Morgan fingerprint density at radius 3 is 2.73 bits per heavy atom. The number of hydrogen-bond acceptors (Lipinski definition) is 6. The summed E-state index contributed by atoms with van der Waals surface area (Å²) in [5.74, 6) is 1.32. The van der Waals surface area contributed by atoms with Crippen LogP contribution in [0.4, 0.5) is 19.0 Å². The van der Waals surface area contributed by atoms with Crippen LogP contribution in [-0.2, 0) is 11.3 Å². The Bertz CT molecular complexity index is 1180. The lowest BCUT2D eigenvalue weighted by atomic mass is 9.96. The molecule has 4 heterocycles. The van der Waals surface area contributed by atoms with Gasteiger partial charge in [-0.25, -0.2) is 4.68 Å². The van der Waals surface area contributed by atoms with Crippen molar-refractivity contribution < 1.29 is 22.6 Å². The van der Waals surface area contributed by atoms with Crippen LogP contribution in [0.25, 0.3) is 11.4 Å². The molecule has 8 nitrogen and oxygen atoms in total. The Labute approximate surface area is 192 Å². The van der Waals surface area contributed by atoms with E-state index in [0.29, 0.717) is 35.1 Å². The first-order valence-corrected chi connectivity index (χ1v) is 11.1. The van der Waals surface area contributed by atoms with Crippen molar-refractivity contribution in [2.24, 2.45) is 0 Å². The fourth-order valence-electron chi connectivity index (χ4n) is 4.47. The number of ether oxygens (including phenoxy) is 2.